The zero-order valence-corrected chi connectivity index (χ0v) is 32.5. The van der Waals surface area contributed by atoms with Gasteiger partial charge in [0.2, 0.25) is 0 Å². The molecule has 0 bridgehead atoms. The summed E-state index contributed by atoms with van der Waals surface area (Å²) in [6, 6.07) is 0. The van der Waals surface area contributed by atoms with E-state index in [1.54, 1.807) is 0 Å². The summed E-state index contributed by atoms with van der Waals surface area (Å²) in [5, 5.41) is 30.4. The summed E-state index contributed by atoms with van der Waals surface area (Å²) in [5.74, 6) is -0.409. The lowest BCUT2D eigenvalue weighted by Gasteiger charge is -2.41. The molecule has 0 saturated carbocycles. The Kier molecular flexibility index (Phi) is 29.3. The van der Waals surface area contributed by atoms with Gasteiger partial charge in [0, 0.05) is 13.0 Å². The highest BCUT2D eigenvalue weighted by molar-refractivity contribution is 7.80. The SMILES string of the molecule is CCCCCCCC/C=C\CCCCCCCCCCOCC(COC1OC(CO)C(O)C(OS(=O)(=O)O)C1O)OC(=O)CCCCCCCC. The number of aliphatic hydroxyl groups excluding tert-OH is 3. The molecule has 1 aliphatic heterocycles. The van der Waals surface area contributed by atoms with Gasteiger partial charge in [0.05, 0.1) is 19.8 Å². The van der Waals surface area contributed by atoms with Crippen LogP contribution < -0.4 is 0 Å². The summed E-state index contributed by atoms with van der Waals surface area (Å²) in [5.41, 5.74) is 0. The van der Waals surface area contributed by atoms with Crippen molar-refractivity contribution in [3.63, 3.8) is 0 Å². The van der Waals surface area contributed by atoms with E-state index < -0.39 is 59.8 Å². The van der Waals surface area contributed by atoms with Crippen LogP contribution in [0.1, 0.15) is 162 Å². The molecule has 1 aliphatic rings. The number of carbonyl (C=O) groups excluding carboxylic acids is 1. The number of aliphatic hydroxyl groups is 3. The fourth-order valence-corrected chi connectivity index (χ4v) is 6.59. The lowest BCUT2D eigenvalue weighted by molar-refractivity contribution is -0.301. The number of esters is 1. The second-order valence-corrected chi connectivity index (χ2v) is 14.9. The van der Waals surface area contributed by atoms with Crippen LogP contribution >= 0.6 is 0 Å². The maximum Gasteiger partial charge on any atom is 0.397 e. The van der Waals surface area contributed by atoms with Gasteiger partial charge in [0.15, 0.2) is 6.29 Å². The van der Waals surface area contributed by atoms with Crippen molar-refractivity contribution in [2.75, 3.05) is 26.4 Å². The van der Waals surface area contributed by atoms with Gasteiger partial charge in [-0.2, -0.15) is 8.42 Å². The molecular formula is C38H72O12S. The van der Waals surface area contributed by atoms with Gasteiger partial charge in [-0.15, -0.1) is 0 Å². The first-order valence-electron chi connectivity index (χ1n) is 19.9. The van der Waals surface area contributed by atoms with Crippen molar-refractivity contribution in [3.05, 3.63) is 12.2 Å². The van der Waals surface area contributed by atoms with Crippen molar-refractivity contribution in [1.82, 2.24) is 0 Å². The number of hydrogen-bond donors (Lipinski definition) is 4. The molecule has 302 valence electrons. The first-order valence-corrected chi connectivity index (χ1v) is 21.3. The average Bonchev–Trinajstić information content (AvgIpc) is 3.09. The van der Waals surface area contributed by atoms with E-state index in [1.807, 2.05) is 0 Å². The second-order valence-electron chi connectivity index (χ2n) is 13.9. The summed E-state index contributed by atoms with van der Waals surface area (Å²) < 4.78 is 58.6. The molecule has 0 aromatic heterocycles. The Morgan fingerprint density at radius 2 is 1.24 bits per heavy atom. The summed E-state index contributed by atoms with van der Waals surface area (Å²) in [6.45, 7) is 3.90. The minimum absolute atomic E-state index is 0.0372. The van der Waals surface area contributed by atoms with Crippen molar-refractivity contribution >= 4 is 16.4 Å². The van der Waals surface area contributed by atoms with Crippen LogP contribution in [0.4, 0.5) is 0 Å². The average molecular weight is 753 g/mol. The predicted molar refractivity (Wildman–Crippen MR) is 198 cm³/mol. The molecule has 12 nitrogen and oxygen atoms in total. The Bertz CT molecular complexity index is 963. The predicted octanol–water partition coefficient (Wildman–Crippen LogP) is 7.13. The van der Waals surface area contributed by atoms with Gasteiger partial charge >= 0.3 is 16.4 Å². The van der Waals surface area contributed by atoms with Crippen molar-refractivity contribution in [2.24, 2.45) is 0 Å². The fraction of sp³-hybridized carbons (Fsp3) is 0.921. The zero-order valence-electron chi connectivity index (χ0n) is 31.7. The van der Waals surface area contributed by atoms with Crippen LogP contribution in [0.2, 0.25) is 0 Å². The molecule has 1 saturated heterocycles. The monoisotopic (exact) mass is 752 g/mol. The Hall–Kier alpha value is -1.16. The van der Waals surface area contributed by atoms with E-state index >= 15 is 0 Å². The van der Waals surface area contributed by atoms with Crippen LogP contribution in [0, 0.1) is 0 Å². The van der Waals surface area contributed by atoms with Gasteiger partial charge in [0.1, 0.15) is 30.5 Å². The molecule has 0 radical (unpaired) electrons. The Morgan fingerprint density at radius 1 is 0.725 bits per heavy atom. The van der Waals surface area contributed by atoms with Crippen molar-refractivity contribution in [1.29, 1.82) is 0 Å². The largest absolute Gasteiger partial charge is 0.457 e. The van der Waals surface area contributed by atoms with E-state index in [9.17, 15) is 28.5 Å². The molecule has 0 aromatic rings. The third kappa shape index (κ3) is 25.5. The van der Waals surface area contributed by atoms with Crippen LogP contribution in [0.5, 0.6) is 0 Å². The fourth-order valence-electron chi connectivity index (χ4n) is 6.08. The number of unbranched alkanes of at least 4 members (excludes halogenated alkanes) is 19. The number of ether oxygens (including phenoxy) is 4. The van der Waals surface area contributed by atoms with Crippen molar-refractivity contribution in [2.45, 2.75) is 198 Å². The van der Waals surface area contributed by atoms with Gasteiger partial charge in [0.25, 0.3) is 0 Å². The summed E-state index contributed by atoms with van der Waals surface area (Å²) in [4.78, 5) is 12.6. The van der Waals surface area contributed by atoms with Gasteiger partial charge < -0.3 is 34.3 Å². The lowest BCUT2D eigenvalue weighted by Crippen LogP contribution is -2.60. The first-order chi connectivity index (χ1) is 24.6. The van der Waals surface area contributed by atoms with E-state index in [-0.39, 0.29) is 19.6 Å². The molecule has 1 heterocycles. The topological polar surface area (TPSA) is 178 Å². The van der Waals surface area contributed by atoms with Gasteiger partial charge in [-0.25, -0.2) is 4.18 Å². The molecule has 1 rings (SSSR count). The molecule has 51 heavy (non-hydrogen) atoms. The minimum Gasteiger partial charge on any atom is -0.457 e. The number of rotatable bonds is 34. The molecule has 6 atom stereocenters. The molecule has 4 N–H and O–H groups in total. The van der Waals surface area contributed by atoms with Gasteiger partial charge in [-0.1, -0.05) is 129 Å². The third-order valence-electron chi connectivity index (χ3n) is 9.14. The van der Waals surface area contributed by atoms with Gasteiger partial charge in [-0.3, -0.25) is 9.35 Å². The lowest BCUT2D eigenvalue weighted by atomic mass is 9.99. The standard InChI is InChI=1S/C38H72O12S/c1-3-5-7-9-11-12-13-14-15-16-17-18-19-20-21-22-24-26-28-46-30-32(48-34(40)27-25-23-10-8-6-4-2)31-47-38-36(42)37(50-51(43,44)45)35(41)33(29-39)49-38/h14-15,32-33,35-39,41-42H,3-13,16-31H2,1-2H3,(H,43,44,45)/b15-14-. The highest BCUT2D eigenvalue weighted by Crippen LogP contribution is 2.26. The van der Waals surface area contributed by atoms with Crippen LogP contribution in [0.25, 0.3) is 0 Å². The van der Waals surface area contributed by atoms with Crippen LogP contribution in [0.15, 0.2) is 12.2 Å². The number of carbonyl (C=O) groups is 1. The van der Waals surface area contributed by atoms with E-state index in [1.165, 1.54) is 83.5 Å². The highest BCUT2D eigenvalue weighted by Gasteiger charge is 2.48. The van der Waals surface area contributed by atoms with Crippen LogP contribution in [-0.2, 0) is 38.3 Å². The normalized spacial score (nSPS) is 21.7. The molecule has 6 unspecified atom stereocenters. The first kappa shape index (κ1) is 47.9. The van der Waals surface area contributed by atoms with Gasteiger partial charge in [-0.05, 0) is 38.5 Å². The van der Waals surface area contributed by atoms with Crippen LogP contribution in [-0.4, -0.2) is 97.5 Å². The summed E-state index contributed by atoms with van der Waals surface area (Å²) in [6.07, 6.45) is 21.5. The Balaban J connectivity index is 2.38. The third-order valence-corrected chi connectivity index (χ3v) is 9.60. The zero-order chi connectivity index (χ0) is 37.6. The second kappa shape index (κ2) is 31.2. The van der Waals surface area contributed by atoms with Crippen molar-refractivity contribution in [3.8, 4) is 0 Å². The Labute approximate surface area is 308 Å². The van der Waals surface area contributed by atoms with E-state index in [4.69, 9.17) is 23.5 Å². The summed E-state index contributed by atoms with van der Waals surface area (Å²) >= 11 is 0. The van der Waals surface area contributed by atoms with E-state index in [2.05, 4.69) is 30.2 Å². The Morgan fingerprint density at radius 3 is 1.76 bits per heavy atom. The quantitative estimate of drug-likeness (QED) is 0.0227. The highest BCUT2D eigenvalue weighted by atomic mass is 32.3. The van der Waals surface area contributed by atoms with E-state index in [0.717, 1.165) is 51.4 Å². The van der Waals surface area contributed by atoms with Crippen LogP contribution in [0.3, 0.4) is 0 Å². The van der Waals surface area contributed by atoms with E-state index in [0.29, 0.717) is 13.0 Å². The number of hydrogen-bond acceptors (Lipinski definition) is 11. The maximum atomic E-state index is 12.6. The molecule has 0 amide bonds. The van der Waals surface area contributed by atoms with Crippen molar-refractivity contribution < 1.29 is 56.2 Å². The maximum absolute atomic E-state index is 12.6. The molecule has 0 aromatic carbocycles. The molecule has 0 spiro atoms. The summed E-state index contributed by atoms with van der Waals surface area (Å²) in [7, 11) is -5.05. The molecule has 1 fully saturated rings. The minimum atomic E-state index is -5.05. The molecule has 13 heteroatoms. The molecule has 0 aliphatic carbocycles. The smallest absolute Gasteiger partial charge is 0.397 e. The molecular weight excluding hydrogens is 680 g/mol. The number of allylic oxidation sites excluding steroid dienone is 2.